The van der Waals surface area contributed by atoms with Crippen molar-refractivity contribution >= 4 is 244 Å². The highest BCUT2D eigenvalue weighted by atomic mass is 32.1. The molecule has 0 atom stereocenters. The second-order valence-electron chi connectivity index (χ2n) is 30.8. The maximum absolute atomic E-state index is 2.46. The van der Waals surface area contributed by atoms with E-state index in [-0.39, 0.29) is 0 Å². The van der Waals surface area contributed by atoms with Crippen molar-refractivity contribution in [1.29, 1.82) is 0 Å². The molecule has 0 saturated heterocycles. The highest BCUT2D eigenvalue weighted by Gasteiger charge is 2.26. The third kappa shape index (κ3) is 10.9. The monoisotopic (exact) mass is 1620 g/mol. The molecule has 0 N–H and O–H groups in total. The Morgan fingerprint density at radius 3 is 1.05 bits per heavy atom. The van der Waals surface area contributed by atoms with E-state index in [1.165, 1.54) is 237 Å². The molecule has 0 saturated carbocycles. The molecule has 556 valence electrons. The minimum Gasteiger partial charge on any atom is -0.308 e. The second-order valence-corrected chi connectivity index (χ2v) is 37.2. The van der Waals surface area contributed by atoms with Gasteiger partial charge in [0.15, 0.2) is 0 Å². The first kappa shape index (κ1) is 68.6. The molecule has 3 nitrogen and oxygen atoms in total. The van der Waals surface area contributed by atoms with Crippen molar-refractivity contribution in [2.24, 2.45) is 0 Å². The highest BCUT2D eigenvalue weighted by molar-refractivity contribution is 7.29. The van der Waals surface area contributed by atoms with Gasteiger partial charge in [-0.3, -0.25) is 0 Å². The summed E-state index contributed by atoms with van der Waals surface area (Å²) in [5.74, 6) is 0. The van der Waals surface area contributed by atoms with Gasteiger partial charge in [0.1, 0.15) is 0 Å². The standard InChI is InChI=1S/C38H23NS2.2C36H21NS2/c1-3-12-24(13-4-1)26-17-9-20-30-34-27(18-10-22-32(34)40-37(26)30)28-19-11-23-33-35(28)36-38(41-33)29-16-7-8-21-31(29)39(36)25-14-5-2-6-15-25;1-2-11-25(12-3-1)37-31-16-7-6-13-28(31)36-34(37)29-15-8-14-26(35(29)39-36)24-17-18-27-30-19-22-9-4-5-10-23(22)20-33(30)38-32(27)21-24;1-2-10-26(11-3-1)37-31-13-7-6-12-28(31)36-35(37)29-17-15-25(21-33(29)39-36)24-14-16-27-30-18-22-8-4-5-9-23(22)19-34(30)38-32(27)20-24/h1-23H;2*1-21H. The summed E-state index contributed by atoms with van der Waals surface area (Å²) in [4.78, 5) is 0. The Kier molecular flexibility index (Phi) is 15.9. The topological polar surface area (TPSA) is 14.8 Å². The van der Waals surface area contributed by atoms with Crippen LogP contribution < -0.4 is 0 Å². The van der Waals surface area contributed by atoms with Gasteiger partial charge in [0.2, 0.25) is 0 Å². The molecule has 119 heavy (non-hydrogen) atoms. The third-order valence-electron chi connectivity index (χ3n) is 24.1. The van der Waals surface area contributed by atoms with Gasteiger partial charge < -0.3 is 13.7 Å². The van der Waals surface area contributed by atoms with E-state index in [0.29, 0.717) is 0 Å². The van der Waals surface area contributed by atoms with Crippen LogP contribution in [-0.2, 0) is 0 Å². The van der Waals surface area contributed by atoms with Gasteiger partial charge in [0.05, 0.1) is 47.2 Å². The molecule has 0 unspecified atom stereocenters. The maximum Gasteiger partial charge on any atom is 0.0734 e. The van der Waals surface area contributed by atoms with Crippen molar-refractivity contribution in [3.63, 3.8) is 0 Å². The Morgan fingerprint density at radius 1 is 0.160 bits per heavy atom. The van der Waals surface area contributed by atoms with Crippen molar-refractivity contribution in [1.82, 2.24) is 13.7 Å². The molecule has 9 heterocycles. The molecule has 0 fully saturated rings. The summed E-state index contributed by atoms with van der Waals surface area (Å²) in [5, 5.41) is 21.2. The molecule has 27 aromatic rings. The van der Waals surface area contributed by atoms with E-state index in [0.717, 1.165) is 0 Å². The zero-order valence-electron chi connectivity index (χ0n) is 63.8. The predicted octanol–water partition coefficient (Wildman–Crippen LogP) is 34.1. The van der Waals surface area contributed by atoms with Crippen LogP contribution in [0.5, 0.6) is 0 Å². The Balaban J connectivity index is 0.0000000992. The van der Waals surface area contributed by atoms with Crippen LogP contribution in [0.4, 0.5) is 0 Å². The lowest BCUT2D eigenvalue weighted by atomic mass is 9.95. The number of rotatable bonds is 7. The molecule has 0 radical (unpaired) electrons. The minimum atomic E-state index is 1.19. The lowest BCUT2D eigenvalue weighted by molar-refractivity contribution is 1.19. The lowest BCUT2D eigenvalue weighted by Crippen LogP contribution is -1.93. The van der Waals surface area contributed by atoms with E-state index in [4.69, 9.17) is 0 Å². The van der Waals surface area contributed by atoms with Crippen molar-refractivity contribution in [3.8, 4) is 61.6 Å². The van der Waals surface area contributed by atoms with Crippen LogP contribution in [0.1, 0.15) is 0 Å². The van der Waals surface area contributed by atoms with Crippen molar-refractivity contribution < 1.29 is 0 Å². The van der Waals surface area contributed by atoms with Gasteiger partial charge in [0.25, 0.3) is 0 Å². The summed E-state index contributed by atoms with van der Waals surface area (Å²) in [6, 6.07) is 144. The SMILES string of the molecule is c1ccc(-c2cccc3c2sc2cccc(-c4cccc5sc6c7ccccc7n(-c7ccccc7)c6c45)c23)cc1.c1ccc(-n2c3ccccc3c3sc4c(-c5ccc6c(c5)sc5cc7ccccc7cc56)cccc4c32)cc1.c1ccc(-n2c3ccccc3c3sc4cc(-c5ccc6c(c5)sc5cc7ccccc7cc56)ccc4c32)cc1. The number of hydrogen-bond donors (Lipinski definition) is 0. The summed E-state index contributed by atoms with van der Waals surface area (Å²) in [6.07, 6.45) is 0. The van der Waals surface area contributed by atoms with Crippen molar-refractivity contribution in [3.05, 3.63) is 394 Å². The zero-order chi connectivity index (χ0) is 77.9. The fourth-order valence-electron chi connectivity index (χ4n) is 18.8. The van der Waals surface area contributed by atoms with Crippen LogP contribution in [-0.4, -0.2) is 13.7 Å². The van der Waals surface area contributed by atoms with E-state index in [1.54, 1.807) is 0 Å². The van der Waals surface area contributed by atoms with E-state index in [1.807, 2.05) is 68.0 Å². The van der Waals surface area contributed by atoms with Gasteiger partial charge in [-0.1, -0.05) is 285 Å². The van der Waals surface area contributed by atoms with Gasteiger partial charge in [-0.05, 0) is 175 Å². The third-order valence-corrected chi connectivity index (χ3v) is 31.2. The van der Waals surface area contributed by atoms with Crippen molar-refractivity contribution in [2.75, 3.05) is 0 Å². The summed E-state index contributed by atoms with van der Waals surface area (Å²) in [6.45, 7) is 0. The van der Waals surface area contributed by atoms with Gasteiger partial charge in [0, 0.05) is 124 Å². The van der Waals surface area contributed by atoms with Crippen LogP contribution in [0.25, 0.3) is 237 Å². The molecular formula is C110H65N3S6. The Bertz CT molecular complexity index is 8810. The molecule has 9 aromatic heterocycles. The first-order valence-corrected chi connectivity index (χ1v) is 45.1. The maximum atomic E-state index is 2.46. The lowest BCUT2D eigenvalue weighted by Gasteiger charge is -2.11. The number of para-hydroxylation sites is 6. The fraction of sp³-hybridized carbons (Fsp3) is 0. The molecule has 0 spiro atoms. The zero-order valence-corrected chi connectivity index (χ0v) is 68.7. The normalized spacial score (nSPS) is 12.0. The predicted molar refractivity (Wildman–Crippen MR) is 524 cm³/mol. The number of benzene rings is 18. The quantitative estimate of drug-likeness (QED) is 0.151. The highest BCUT2D eigenvalue weighted by Crippen LogP contribution is 2.53. The summed E-state index contributed by atoms with van der Waals surface area (Å²) >= 11 is 11.4. The summed E-state index contributed by atoms with van der Waals surface area (Å²) in [7, 11) is 0. The largest absolute Gasteiger partial charge is 0.308 e. The van der Waals surface area contributed by atoms with Gasteiger partial charge in [-0.2, -0.15) is 0 Å². The van der Waals surface area contributed by atoms with Gasteiger partial charge >= 0.3 is 0 Å². The number of aromatic nitrogens is 3. The number of hydrogen-bond acceptors (Lipinski definition) is 6. The van der Waals surface area contributed by atoms with Crippen LogP contribution in [0.15, 0.2) is 394 Å². The second kappa shape index (κ2) is 27.5. The van der Waals surface area contributed by atoms with E-state index in [9.17, 15) is 0 Å². The fourth-order valence-corrected chi connectivity index (χ4v) is 26.3. The average Bonchev–Trinajstić information content (AvgIpc) is 1.56. The number of fused-ring (bicyclic) bond motifs is 26. The summed E-state index contributed by atoms with van der Waals surface area (Å²) in [5.41, 5.74) is 21.6. The molecule has 0 aliphatic carbocycles. The van der Waals surface area contributed by atoms with Gasteiger partial charge in [-0.25, -0.2) is 0 Å². The first-order valence-electron chi connectivity index (χ1n) is 40.2. The smallest absolute Gasteiger partial charge is 0.0734 e. The summed E-state index contributed by atoms with van der Waals surface area (Å²) < 4.78 is 23.5. The molecule has 9 heteroatoms. The number of thiophene rings is 6. The number of nitrogens with zero attached hydrogens (tertiary/aromatic N) is 3. The molecule has 0 aliphatic heterocycles. The Hall–Kier alpha value is -13.6. The minimum absolute atomic E-state index is 1.19. The molecular weight excluding hydrogens is 1560 g/mol. The van der Waals surface area contributed by atoms with E-state index < -0.39 is 0 Å². The Morgan fingerprint density at radius 2 is 0.504 bits per heavy atom. The molecule has 0 aliphatic rings. The Labute approximate surface area is 707 Å². The van der Waals surface area contributed by atoms with E-state index in [2.05, 4.69) is 408 Å². The van der Waals surface area contributed by atoms with Gasteiger partial charge in [-0.15, -0.1) is 68.0 Å². The molecule has 27 rings (SSSR count). The molecule has 0 amide bonds. The first-order chi connectivity index (χ1) is 59.0. The van der Waals surface area contributed by atoms with E-state index >= 15 is 0 Å². The van der Waals surface area contributed by atoms with Crippen molar-refractivity contribution in [2.45, 2.75) is 0 Å². The van der Waals surface area contributed by atoms with Crippen LogP contribution >= 0.6 is 68.0 Å². The van der Waals surface area contributed by atoms with Crippen LogP contribution in [0, 0.1) is 0 Å². The van der Waals surface area contributed by atoms with Crippen LogP contribution in [0.3, 0.4) is 0 Å². The molecule has 0 bridgehead atoms. The average molecular weight is 1620 g/mol. The molecule has 18 aromatic carbocycles. The van der Waals surface area contributed by atoms with Crippen LogP contribution in [0.2, 0.25) is 0 Å².